The van der Waals surface area contributed by atoms with Crippen LogP contribution in [0.3, 0.4) is 0 Å². The quantitative estimate of drug-likeness (QED) is 0.428. The van der Waals surface area contributed by atoms with Crippen molar-refractivity contribution in [2.45, 2.75) is 24.4 Å². The van der Waals surface area contributed by atoms with Gasteiger partial charge in [-0.3, -0.25) is 0 Å². The molecule has 3 radical (unpaired) electrons. The molecule has 2 heterocycles. The van der Waals surface area contributed by atoms with Crippen LogP contribution in [0.5, 0.6) is 0 Å². The van der Waals surface area contributed by atoms with Gasteiger partial charge in [0.15, 0.2) is 4.73 Å². The number of benzene rings is 1. The molecule has 4 atom stereocenters. The Bertz CT molecular complexity index is 724. The van der Waals surface area contributed by atoms with Crippen LogP contribution in [-0.2, 0) is 4.74 Å². The standard InChI is InChI=1S/C13H13BrCl2N2O4.3Ac/c14-13-17-7-1-5(15)6(16)2-8(7)18(13)9-4-22-10(3-19)12(21)11(9)20;;;/h1-2,9-12,19-21H,3-4H2;;;/t9?,10-,11?,12?;;;/m1.../s1. The second-order valence-corrected chi connectivity index (χ2v) is 6.63. The SMILES string of the molecule is OC[C@H]1OCC(n2c(Br)nc3cc(Cl)c(Cl)cc32)C(O)C1O.[Ac].[Ac].[Ac]. The molecular weight excluding hydrogens is 1080 g/mol. The van der Waals surface area contributed by atoms with E-state index in [4.69, 9.17) is 33.0 Å². The Morgan fingerprint density at radius 1 is 1.16 bits per heavy atom. The smallest absolute Gasteiger partial charge is 0.178 e. The third-order valence-electron chi connectivity index (χ3n) is 3.81. The molecule has 1 aromatic heterocycles. The van der Waals surface area contributed by atoms with Crippen molar-refractivity contribution in [3.63, 3.8) is 0 Å². The zero-order chi connectivity index (χ0) is 16.0. The molecule has 2 aromatic rings. The molecule has 1 fully saturated rings. The van der Waals surface area contributed by atoms with Crippen LogP contribution in [-0.4, -0.2) is 56.4 Å². The van der Waals surface area contributed by atoms with Gasteiger partial charge in [-0.1, -0.05) is 23.2 Å². The Kier molecular flexibility index (Phi) is 14.7. The predicted molar refractivity (Wildman–Crippen MR) is 85.3 cm³/mol. The second kappa shape index (κ2) is 12.7. The van der Waals surface area contributed by atoms with Crippen LogP contribution in [0.25, 0.3) is 11.0 Å². The van der Waals surface area contributed by atoms with Crippen molar-refractivity contribution in [2.24, 2.45) is 0 Å². The third kappa shape index (κ3) is 6.22. The fraction of sp³-hybridized carbons (Fsp3) is 0.462. The van der Waals surface area contributed by atoms with Crippen LogP contribution in [0.1, 0.15) is 6.04 Å². The summed E-state index contributed by atoms with van der Waals surface area (Å²) in [7, 11) is 0. The first-order valence-electron chi connectivity index (χ1n) is 6.55. The van der Waals surface area contributed by atoms with Crippen molar-refractivity contribution in [1.82, 2.24) is 9.55 Å². The third-order valence-corrected chi connectivity index (χ3v) is 5.09. The van der Waals surface area contributed by atoms with Crippen molar-refractivity contribution in [1.29, 1.82) is 0 Å². The summed E-state index contributed by atoms with van der Waals surface area (Å²) >= 11 is 15.4. The van der Waals surface area contributed by atoms with Crippen LogP contribution in [0.4, 0.5) is 0 Å². The molecule has 3 unspecified atom stereocenters. The van der Waals surface area contributed by atoms with Crippen molar-refractivity contribution < 1.29 is 152 Å². The van der Waals surface area contributed by atoms with E-state index in [-0.39, 0.29) is 145 Å². The summed E-state index contributed by atoms with van der Waals surface area (Å²) in [5, 5.41) is 30.3. The minimum atomic E-state index is -1.20. The van der Waals surface area contributed by atoms with Gasteiger partial charge in [-0.05, 0) is 28.1 Å². The molecule has 1 saturated heterocycles. The average Bonchev–Trinajstić information content (AvgIpc) is 2.78. The van der Waals surface area contributed by atoms with E-state index in [1.165, 1.54) is 0 Å². The van der Waals surface area contributed by atoms with Gasteiger partial charge in [0.1, 0.15) is 18.3 Å². The van der Waals surface area contributed by atoms with Gasteiger partial charge >= 0.3 is 0 Å². The predicted octanol–water partition coefficient (Wildman–Crippen LogP) is 1.76. The van der Waals surface area contributed by atoms with E-state index in [9.17, 15) is 10.2 Å². The number of aliphatic hydroxyl groups is 3. The van der Waals surface area contributed by atoms with Gasteiger partial charge in [0.2, 0.25) is 0 Å². The first-order valence-corrected chi connectivity index (χ1v) is 8.10. The maximum absolute atomic E-state index is 10.3. The zero-order valence-corrected chi connectivity index (χ0v) is 30.2. The number of ether oxygens (including phenoxy) is 1. The van der Waals surface area contributed by atoms with E-state index < -0.39 is 24.4 Å². The number of fused-ring (bicyclic) bond motifs is 1. The molecule has 25 heavy (non-hydrogen) atoms. The van der Waals surface area contributed by atoms with Crippen LogP contribution in [0, 0.1) is 132 Å². The molecule has 0 bridgehead atoms. The van der Waals surface area contributed by atoms with Crippen molar-refractivity contribution in [3.05, 3.63) is 26.9 Å². The normalized spacial score (nSPS) is 25.7. The summed E-state index contributed by atoms with van der Waals surface area (Å²) in [6.07, 6.45) is -3.12. The number of imidazole rings is 1. The van der Waals surface area contributed by atoms with E-state index >= 15 is 0 Å². The van der Waals surface area contributed by atoms with E-state index in [1.807, 2.05) is 0 Å². The molecule has 1 aliphatic heterocycles. The molecule has 1 aromatic carbocycles. The molecule has 0 spiro atoms. The van der Waals surface area contributed by atoms with E-state index in [0.717, 1.165) is 0 Å². The average molecular weight is 1090 g/mol. The summed E-state index contributed by atoms with van der Waals surface area (Å²) in [6.45, 7) is -0.244. The van der Waals surface area contributed by atoms with Crippen molar-refractivity contribution in [2.75, 3.05) is 13.2 Å². The first kappa shape index (κ1) is 28.9. The minimum Gasteiger partial charge on any atom is -0.394 e. The van der Waals surface area contributed by atoms with E-state index in [0.29, 0.717) is 25.8 Å². The monoisotopic (exact) mass is 1090 g/mol. The largest absolute Gasteiger partial charge is 0.394 e. The fourth-order valence-corrected chi connectivity index (χ4v) is 3.59. The molecule has 129 valence electrons. The summed E-state index contributed by atoms with van der Waals surface area (Å²) in [5.41, 5.74) is 1.26. The molecule has 6 nitrogen and oxygen atoms in total. The van der Waals surface area contributed by atoms with Gasteiger partial charge in [0.05, 0.1) is 40.3 Å². The van der Waals surface area contributed by atoms with E-state index in [1.54, 1.807) is 16.7 Å². The number of halogens is 3. The molecule has 0 aliphatic carbocycles. The van der Waals surface area contributed by atoms with Gasteiger partial charge < -0.3 is 24.6 Å². The summed E-state index contributed by atoms with van der Waals surface area (Å²) in [6, 6.07) is 2.70. The van der Waals surface area contributed by atoms with Gasteiger partial charge in [0.25, 0.3) is 0 Å². The van der Waals surface area contributed by atoms with Gasteiger partial charge in [0, 0.05) is 132 Å². The molecule has 0 saturated carbocycles. The van der Waals surface area contributed by atoms with Crippen LogP contribution >= 0.6 is 39.1 Å². The zero-order valence-electron chi connectivity index (χ0n) is 12.9. The number of hydrogen-bond donors (Lipinski definition) is 3. The Hall–Kier alpha value is 3.91. The van der Waals surface area contributed by atoms with Gasteiger partial charge in [-0.25, -0.2) is 4.98 Å². The van der Waals surface area contributed by atoms with Gasteiger partial charge in [-0.15, -0.1) is 0 Å². The Morgan fingerprint density at radius 2 is 1.76 bits per heavy atom. The second-order valence-electron chi connectivity index (χ2n) is 5.11. The number of hydrogen-bond acceptors (Lipinski definition) is 5. The number of aromatic nitrogens is 2. The molecular formula is C13H13Ac3BrCl2N2O4. The summed E-state index contributed by atoms with van der Waals surface area (Å²) < 4.78 is 7.57. The van der Waals surface area contributed by atoms with Crippen LogP contribution in [0.15, 0.2) is 16.9 Å². The summed E-state index contributed by atoms with van der Waals surface area (Å²) in [5.74, 6) is 0. The van der Waals surface area contributed by atoms with Crippen molar-refractivity contribution in [3.8, 4) is 0 Å². The van der Waals surface area contributed by atoms with Crippen molar-refractivity contribution >= 4 is 50.2 Å². The maximum atomic E-state index is 10.3. The topological polar surface area (TPSA) is 87.7 Å². The summed E-state index contributed by atoms with van der Waals surface area (Å²) in [4.78, 5) is 4.33. The first-order chi connectivity index (χ1) is 10.4. The minimum absolute atomic E-state index is 0. The number of rotatable bonds is 2. The van der Waals surface area contributed by atoms with Crippen LogP contribution < -0.4 is 0 Å². The molecule has 3 N–H and O–H groups in total. The fourth-order valence-electron chi connectivity index (χ4n) is 2.63. The maximum Gasteiger partial charge on any atom is 0.178 e. The van der Waals surface area contributed by atoms with E-state index in [2.05, 4.69) is 20.9 Å². The van der Waals surface area contributed by atoms with Gasteiger partial charge in [-0.2, -0.15) is 0 Å². The molecule has 1 aliphatic rings. The molecule has 0 amide bonds. The van der Waals surface area contributed by atoms with Crippen LogP contribution in [0.2, 0.25) is 10.0 Å². The molecule has 12 heteroatoms. The Balaban J connectivity index is 0.00000192. The number of nitrogens with zero attached hydrogens (tertiary/aromatic N) is 2. The Morgan fingerprint density at radius 3 is 2.36 bits per heavy atom. The molecule has 3 rings (SSSR count). The Labute approximate surface area is 270 Å². The number of aliphatic hydroxyl groups excluding tert-OH is 3.